The SMILES string of the molecule is CCN1CCCC(Nc2nnc(-c3ccc(OC)cc3OC(F)(F)F)c3c(F)ccn23)C1. The van der Waals surface area contributed by atoms with Gasteiger partial charge in [0.2, 0.25) is 5.95 Å². The van der Waals surface area contributed by atoms with E-state index in [-0.39, 0.29) is 28.6 Å². The van der Waals surface area contributed by atoms with Crippen LogP contribution in [0, 0.1) is 5.82 Å². The van der Waals surface area contributed by atoms with Gasteiger partial charge in [-0.25, -0.2) is 4.39 Å². The Kier molecular flexibility index (Phi) is 6.09. The molecule has 0 saturated carbocycles. The zero-order valence-electron chi connectivity index (χ0n) is 17.6. The molecule has 2 aromatic heterocycles. The molecule has 0 aliphatic carbocycles. The molecule has 4 rings (SSSR count). The van der Waals surface area contributed by atoms with Crippen molar-refractivity contribution in [1.29, 1.82) is 0 Å². The summed E-state index contributed by atoms with van der Waals surface area (Å²) in [7, 11) is 1.32. The number of hydrogen-bond donors (Lipinski definition) is 1. The number of likely N-dealkylation sites (N-methyl/N-ethyl adjacent to an activating group) is 1. The first kappa shape index (κ1) is 22.1. The number of likely N-dealkylation sites (tertiary alicyclic amines) is 1. The molecule has 0 amide bonds. The van der Waals surface area contributed by atoms with E-state index in [2.05, 4.69) is 32.1 Å². The summed E-state index contributed by atoms with van der Waals surface area (Å²) in [6.07, 6.45) is -1.53. The van der Waals surface area contributed by atoms with Crippen molar-refractivity contribution in [1.82, 2.24) is 19.5 Å². The average molecular weight is 453 g/mol. The number of fused-ring (bicyclic) bond motifs is 1. The fraction of sp³-hybridized carbons (Fsp3) is 0.429. The summed E-state index contributed by atoms with van der Waals surface area (Å²) < 4.78 is 64.4. The summed E-state index contributed by atoms with van der Waals surface area (Å²) in [4.78, 5) is 2.30. The highest BCUT2D eigenvalue weighted by atomic mass is 19.4. The zero-order chi connectivity index (χ0) is 22.9. The molecule has 0 radical (unpaired) electrons. The van der Waals surface area contributed by atoms with Gasteiger partial charge in [-0.1, -0.05) is 6.92 Å². The lowest BCUT2D eigenvalue weighted by Crippen LogP contribution is -2.42. The van der Waals surface area contributed by atoms with Crippen molar-refractivity contribution in [2.24, 2.45) is 0 Å². The van der Waals surface area contributed by atoms with Crippen LogP contribution < -0.4 is 14.8 Å². The first-order valence-electron chi connectivity index (χ1n) is 10.3. The monoisotopic (exact) mass is 453 g/mol. The Hall–Kier alpha value is -3.08. The van der Waals surface area contributed by atoms with Crippen molar-refractivity contribution in [3.8, 4) is 22.8 Å². The molecule has 11 heteroatoms. The van der Waals surface area contributed by atoms with Crippen molar-refractivity contribution >= 4 is 11.5 Å². The maximum atomic E-state index is 14.8. The van der Waals surface area contributed by atoms with Crippen LogP contribution in [-0.2, 0) is 0 Å². The number of nitrogens with one attached hydrogen (secondary N) is 1. The first-order valence-corrected chi connectivity index (χ1v) is 10.3. The van der Waals surface area contributed by atoms with E-state index in [0.717, 1.165) is 38.5 Å². The topological polar surface area (TPSA) is 63.9 Å². The van der Waals surface area contributed by atoms with Gasteiger partial charge < -0.3 is 19.7 Å². The van der Waals surface area contributed by atoms with Crippen LogP contribution in [0.25, 0.3) is 16.8 Å². The van der Waals surface area contributed by atoms with E-state index in [9.17, 15) is 17.6 Å². The van der Waals surface area contributed by atoms with Gasteiger partial charge >= 0.3 is 6.36 Å². The molecule has 1 aromatic carbocycles. The van der Waals surface area contributed by atoms with E-state index < -0.39 is 17.9 Å². The Morgan fingerprint density at radius 2 is 2.03 bits per heavy atom. The second-order valence-electron chi connectivity index (χ2n) is 7.54. The van der Waals surface area contributed by atoms with Gasteiger partial charge in [0.05, 0.1) is 7.11 Å². The molecule has 1 aliphatic rings. The van der Waals surface area contributed by atoms with Crippen LogP contribution in [0.3, 0.4) is 0 Å². The molecule has 1 N–H and O–H groups in total. The number of aromatic nitrogens is 3. The van der Waals surface area contributed by atoms with Crippen LogP contribution in [0.5, 0.6) is 11.5 Å². The number of alkyl halides is 3. The minimum absolute atomic E-state index is 0.00264. The molecule has 1 unspecified atom stereocenters. The predicted octanol–water partition coefficient (Wildman–Crippen LogP) is 4.34. The third-order valence-electron chi connectivity index (χ3n) is 5.49. The largest absolute Gasteiger partial charge is 0.573 e. The van der Waals surface area contributed by atoms with Gasteiger partial charge in [0.1, 0.15) is 22.7 Å². The molecule has 3 heterocycles. The highest BCUT2D eigenvalue weighted by molar-refractivity contribution is 5.82. The Morgan fingerprint density at radius 3 is 2.75 bits per heavy atom. The van der Waals surface area contributed by atoms with Gasteiger partial charge in [-0.2, -0.15) is 0 Å². The average Bonchev–Trinajstić information content (AvgIpc) is 3.15. The Morgan fingerprint density at radius 1 is 1.22 bits per heavy atom. The van der Waals surface area contributed by atoms with E-state index in [1.54, 1.807) is 0 Å². The first-order chi connectivity index (χ1) is 15.3. The van der Waals surface area contributed by atoms with E-state index in [4.69, 9.17) is 4.74 Å². The maximum Gasteiger partial charge on any atom is 0.573 e. The fourth-order valence-electron chi connectivity index (χ4n) is 3.96. The summed E-state index contributed by atoms with van der Waals surface area (Å²) in [5.41, 5.74) is -0.124. The van der Waals surface area contributed by atoms with Crippen LogP contribution in [-0.4, -0.2) is 58.6 Å². The van der Waals surface area contributed by atoms with Gasteiger partial charge in [0.15, 0.2) is 5.82 Å². The lowest BCUT2D eigenvalue weighted by atomic mass is 10.1. The van der Waals surface area contributed by atoms with Crippen molar-refractivity contribution in [3.63, 3.8) is 0 Å². The molecule has 1 fully saturated rings. The number of piperidine rings is 1. The van der Waals surface area contributed by atoms with Gasteiger partial charge in [-0.3, -0.25) is 4.40 Å². The van der Waals surface area contributed by atoms with Crippen LogP contribution in [0.4, 0.5) is 23.5 Å². The van der Waals surface area contributed by atoms with E-state index in [1.165, 1.54) is 35.9 Å². The Bertz CT molecular complexity index is 1100. The third kappa shape index (κ3) is 4.57. The summed E-state index contributed by atoms with van der Waals surface area (Å²) >= 11 is 0. The lowest BCUT2D eigenvalue weighted by Gasteiger charge is -2.32. The van der Waals surface area contributed by atoms with Crippen LogP contribution >= 0.6 is 0 Å². The number of benzene rings is 1. The predicted molar refractivity (Wildman–Crippen MR) is 110 cm³/mol. The maximum absolute atomic E-state index is 14.8. The molecule has 172 valence electrons. The number of anilines is 1. The van der Waals surface area contributed by atoms with Gasteiger partial charge in [-0.05, 0) is 44.1 Å². The summed E-state index contributed by atoms with van der Waals surface area (Å²) in [5, 5.41) is 11.6. The molecule has 0 bridgehead atoms. The highest BCUT2D eigenvalue weighted by Gasteiger charge is 2.33. The van der Waals surface area contributed by atoms with Gasteiger partial charge in [0, 0.05) is 30.4 Å². The van der Waals surface area contributed by atoms with Crippen molar-refractivity contribution in [3.05, 3.63) is 36.3 Å². The number of ether oxygens (including phenoxy) is 2. The second-order valence-corrected chi connectivity index (χ2v) is 7.54. The zero-order valence-corrected chi connectivity index (χ0v) is 17.6. The van der Waals surface area contributed by atoms with Gasteiger partial charge in [-0.15, -0.1) is 23.4 Å². The Labute approximate surface area is 181 Å². The number of hydrogen-bond acceptors (Lipinski definition) is 6. The second kappa shape index (κ2) is 8.81. The van der Waals surface area contributed by atoms with E-state index in [1.807, 2.05) is 0 Å². The molecular formula is C21H23F4N5O2. The smallest absolute Gasteiger partial charge is 0.497 e. The fourth-order valence-corrected chi connectivity index (χ4v) is 3.96. The molecule has 32 heavy (non-hydrogen) atoms. The highest BCUT2D eigenvalue weighted by Crippen LogP contribution is 2.38. The number of methoxy groups -OCH3 is 1. The molecular weight excluding hydrogens is 430 g/mol. The lowest BCUT2D eigenvalue weighted by molar-refractivity contribution is -0.274. The number of halogens is 4. The Balaban J connectivity index is 1.76. The molecule has 7 nitrogen and oxygen atoms in total. The summed E-state index contributed by atoms with van der Waals surface area (Å²) in [6.45, 7) is 4.85. The van der Waals surface area contributed by atoms with E-state index >= 15 is 0 Å². The quantitative estimate of drug-likeness (QED) is 0.561. The van der Waals surface area contributed by atoms with Crippen LogP contribution in [0.15, 0.2) is 30.5 Å². The normalized spacial score (nSPS) is 17.5. The third-order valence-corrected chi connectivity index (χ3v) is 5.49. The molecule has 3 aromatic rings. The standard InChI is InChI=1S/C21H23F4N5O2/c1-3-29-9-4-5-13(12-29)26-20-28-27-18(19-16(22)8-10-30(19)20)15-7-6-14(31-2)11-17(15)32-21(23,24)25/h6-8,10-11,13H,3-5,9,12H2,1-2H3,(H,26,28). The minimum atomic E-state index is -4.95. The van der Waals surface area contributed by atoms with E-state index in [0.29, 0.717) is 5.95 Å². The molecule has 1 aliphatic heterocycles. The van der Waals surface area contributed by atoms with Crippen LogP contribution in [0.1, 0.15) is 19.8 Å². The summed E-state index contributed by atoms with van der Waals surface area (Å²) in [5.74, 6) is -0.711. The van der Waals surface area contributed by atoms with Gasteiger partial charge in [0.25, 0.3) is 0 Å². The number of rotatable bonds is 6. The summed E-state index contributed by atoms with van der Waals surface area (Å²) in [6, 6.07) is 5.19. The molecule has 1 saturated heterocycles. The van der Waals surface area contributed by atoms with Crippen molar-refractivity contribution in [2.75, 3.05) is 32.1 Å². The van der Waals surface area contributed by atoms with Crippen molar-refractivity contribution < 1.29 is 27.0 Å². The molecule has 0 spiro atoms. The van der Waals surface area contributed by atoms with Crippen LogP contribution in [0.2, 0.25) is 0 Å². The minimum Gasteiger partial charge on any atom is -0.497 e. The van der Waals surface area contributed by atoms with Crippen molar-refractivity contribution in [2.45, 2.75) is 32.2 Å². The number of nitrogens with zero attached hydrogens (tertiary/aromatic N) is 4. The molecule has 1 atom stereocenters.